The largest absolute Gasteiger partial charge is 0.382 e. The second-order valence-electron chi connectivity index (χ2n) is 7.48. The van der Waals surface area contributed by atoms with Crippen LogP contribution in [0.1, 0.15) is 35.9 Å². The van der Waals surface area contributed by atoms with Gasteiger partial charge in [0.05, 0.1) is 22.6 Å². The zero-order valence-electron chi connectivity index (χ0n) is 18.5. The van der Waals surface area contributed by atoms with Crippen LogP contribution in [0.15, 0.2) is 82.4 Å². The molecule has 4 rings (SSSR count). The first-order valence-corrected chi connectivity index (χ1v) is 12.4. The highest BCUT2D eigenvalue weighted by atomic mass is 32.2. The fraction of sp³-hybridized carbons (Fsp3) is 0.208. The first-order chi connectivity index (χ1) is 16.6. The first kappa shape index (κ1) is 23.8. The van der Waals surface area contributed by atoms with Gasteiger partial charge in [-0.15, -0.1) is 0 Å². The van der Waals surface area contributed by atoms with Crippen molar-refractivity contribution in [1.29, 1.82) is 0 Å². The Morgan fingerprint density at radius 3 is 2.62 bits per heavy atom. The van der Waals surface area contributed by atoms with E-state index in [0.29, 0.717) is 12.1 Å². The molecule has 0 aliphatic carbocycles. The molecule has 174 valence electrons. The third-order valence-corrected chi connectivity index (χ3v) is 6.92. The molecule has 0 radical (unpaired) electrons. The summed E-state index contributed by atoms with van der Waals surface area (Å²) in [6, 6.07) is 14.6. The number of thiazole rings is 1. The zero-order chi connectivity index (χ0) is 23.8. The summed E-state index contributed by atoms with van der Waals surface area (Å²) in [4.78, 5) is 30.8. The number of nitrogens with zero attached hydrogens (tertiary/aromatic N) is 4. The van der Waals surface area contributed by atoms with Crippen molar-refractivity contribution in [3.05, 3.63) is 84.7 Å². The Morgan fingerprint density at radius 1 is 1.06 bits per heavy atom. The van der Waals surface area contributed by atoms with Crippen molar-refractivity contribution >= 4 is 40.0 Å². The Bertz CT molecular complexity index is 1220. The maximum atomic E-state index is 12.8. The fourth-order valence-corrected chi connectivity index (χ4v) is 5.19. The molecule has 4 aromatic heterocycles. The Kier molecular flexibility index (Phi) is 7.84. The van der Waals surface area contributed by atoms with Crippen LogP contribution in [0.5, 0.6) is 0 Å². The highest BCUT2D eigenvalue weighted by molar-refractivity contribution is 8.01. The summed E-state index contributed by atoms with van der Waals surface area (Å²) in [7, 11) is 0. The van der Waals surface area contributed by atoms with Crippen LogP contribution in [0.2, 0.25) is 0 Å². The van der Waals surface area contributed by atoms with E-state index in [0.717, 1.165) is 26.5 Å². The van der Waals surface area contributed by atoms with E-state index >= 15 is 0 Å². The summed E-state index contributed by atoms with van der Waals surface area (Å²) in [6.45, 7) is 2.03. The van der Waals surface area contributed by atoms with Crippen LogP contribution in [0.3, 0.4) is 0 Å². The fourth-order valence-electron chi connectivity index (χ4n) is 3.30. The molecule has 34 heavy (non-hydrogen) atoms. The number of carbonyl (C=O) groups excluding carboxylic acids is 1. The number of hydrogen-bond acceptors (Lipinski definition) is 9. The topological polar surface area (TPSA) is 113 Å². The maximum Gasteiger partial charge on any atom is 0.270 e. The van der Waals surface area contributed by atoms with Crippen molar-refractivity contribution in [3.8, 4) is 0 Å². The predicted octanol–water partition coefficient (Wildman–Crippen LogP) is 4.64. The van der Waals surface area contributed by atoms with Gasteiger partial charge in [0.1, 0.15) is 17.1 Å². The second-order valence-corrected chi connectivity index (χ2v) is 9.89. The van der Waals surface area contributed by atoms with Crippen LogP contribution in [-0.4, -0.2) is 37.5 Å². The highest BCUT2D eigenvalue weighted by Crippen LogP contribution is 2.34. The first-order valence-electron chi connectivity index (χ1n) is 10.8. The summed E-state index contributed by atoms with van der Waals surface area (Å²) in [5, 5.41) is 17.8. The van der Waals surface area contributed by atoms with E-state index in [1.807, 2.05) is 37.3 Å². The molecule has 1 atom stereocenters. The lowest BCUT2D eigenvalue weighted by Gasteiger charge is -2.27. The van der Waals surface area contributed by atoms with Gasteiger partial charge in [0.15, 0.2) is 5.13 Å². The van der Waals surface area contributed by atoms with Crippen molar-refractivity contribution in [2.24, 2.45) is 0 Å². The van der Waals surface area contributed by atoms with E-state index in [9.17, 15) is 9.90 Å². The Hall–Kier alpha value is -3.34. The summed E-state index contributed by atoms with van der Waals surface area (Å²) < 4.78 is 0.962. The van der Waals surface area contributed by atoms with E-state index in [4.69, 9.17) is 0 Å². The average molecular weight is 493 g/mol. The van der Waals surface area contributed by atoms with Crippen molar-refractivity contribution in [3.63, 3.8) is 0 Å². The van der Waals surface area contributed by atoms with Gasteiger partial charge in [-0.25, -0.2) is 9.97 Å². The number of anilines is 2. The van der Waals surface area contributed by atoms with Gasteiger partial charge in [-0.3, -0.25) is 14.8 Å². The molecular formula is C24H24N6O2S2. The van der Waals surface area contributed by atoms with Crippen LogP contribution >= 0.6 is 23.1 Å². The van der Waals surface area contributed by atoms with Crippen LogP contribution in [0.25, 0.3) is 0 Å². The minimum Gasteiger partial charge on any atom is -0.382 e. The summed E-state index contributed by atoms with van der Waals surface area (Å²) >= 11 is 2.99. The smallest absolute Gasteiger partial charge is 0.270 e. The number of hydrogen-bond donors (Lipinski definition) is 3. The van der Waals surface area contributed by atoms with E-state index in [1.54, 1.807) is 43.0 Å². The standard InChI is InChI=1S/C24H24N6O2S2/c1-2-10-24(32,19-7-3-5-11-26-19)16-29-22(31)18-14-17(9-13-25-18)33-21-15-28-23(34-21)30-20-8-4-6-12-27-20/h3-9,11-15,32H,2,10,16H2,1H3,(H,29,31)(H,27,28,30)/t24-/m1/s1. The van der Waals surface area contributed by atoms with Gasteiger partial charge in [-0.05, 0) is 42.8 Å². The minimum atomic E-state index is -1.24. The number of aromatic nitrogens is 4. The Morgan fingerprint density at radius 2 is 1.88 bits per heavy atom. The normalized spacial score (nSPS) is 12.6. The van der Waals surface area contributed by atoms with Gasteiger partial charge in [-0.1, -0.05) is 48.6 Å². The third-order valence-electron chi connectivity index (χ3n) is 4.91. The second kappa shape index (κ2) is 11.2. The third kappa shape index (κ3) is 6.16. The molecule has 0 spiro atoms. The number of nitrogens with one attached hydrogen (secondary N) is 2. The van der Waals surface area contributed by atoms with Crippen molar-refractivity contribution in [2.45, 2.75) is 34.5 Å². The molecule has 0 saturated heterocycles. The van der Waals surface area contributed by atoms with Gasteiger partial charge in [-0.2, -0.15) is 0 Å². The minimum absolute atomic E-state index is 0.0487. The number of aliphatic hydroxyl groups is 1. The van der Waals surface area contributed by atoms with Crippen LogP contribution in [0, 0.1) is 0 Å². The molecule has 0 bridgehead atoms. The molecule has 0 saturated carbocycles. The number of rotatable bonds is 10. The lowest BCUT2D eigenvalue weighted by Crippen LogP contribution is -2.41. The van der Waals surface area contributed by atoms with E-state index < -0.39 is 5.60 Å². The molecule has 0 aliphatic rings. The van der Waals surface area contributed by atoms with Crippen molar-refractivity contribution in [2.75, 3.05) is 11.9 Å². The molecule has 4 heterocycles. The van der Waals surface area contributed by atoms with Gasteiger partial charge in [0.25, 0.3) is 5.91 Å². The van der Waals surface area contributed by atoms with Crippen LogP contribution in [-0.2, 0) is 5.60 Å². The molecule has 3 N–H and O–H groups in total. The monoisotopic (exact) mass is 492 g/mol. The SMILES string of the molecule is CCC[C@@](O)(CNC(=O)c1cc(Sc2cnc(Nc3ccccn3)s2)ccn1)c1ccccn1. The summed E-state index contributed by atoms with van der Waals surface area (Å²) in [5.74, 6) is 0.375. The molecular weight excluding hydrogens is 468 g/mol. The van der Waals surface area contributed by atoms with E-state index in [2.05, 4.69) is 30.6 Å². The Labute approximate surface area is 205 Å². The van der Waals surface area contributed by atoms with Crippen molar-refractivity contribution in [1.82, 2.24) is 25.3 Å². The molecule has 0 unspecified atom stereocenters. The van der Waals surface area contributed by atoms with Gasteiger partial charge in [0, 0.05) is 23.5 Å². The van der Waals surface area contributed by atoms with Crippen LogP contribution in [0.4, 0.5) is 10.9 Å². The summed E-state index contributed by atoms with van der Waals surface area (Å²) in [5.41, 5.74) is -0.423. The lowest BCUT2D eigenvalue weighted by atomic mass is 9.93. The van der Waals surface area contributed by atoms with Crippen LogP contribution < -0.4 is 10.6 Å². The van der Waals surface area contributed by atoms with E-state index in [1.165, 1.54) is 23.1 Å². The molecule has 10 heteroatoms. The molecule has 1 amide bonds. The average Bonchev–Trinajstić information content (AvgIpc) is 3.30. The molecule has 8 nitrogen and oxygen atoms in total. The number of amides is 1. The predicted molar refractivity (Wildman–Crippen MR) is 133 cm³/mol. The number of carbonyl (C=O) groups is 1. The van der Waals surface area contributed by atoms with Gasteiger partial charge >= 0.3 is 0 Å². The molecule has 4 aromatic rings. The molecule has 0 aliphatic heterocycles. The quantitative estimate of drug-likeness (QED) is 0.293. The summed E-state index contributed by atoms with van der Waals surface area (Å²) in [6.07, 6.45) is 7.96. The van der Waals surface area contributed by atoms with Gasteiger partial charge < -0.3 is 15.7 Å². The number of pyridine rings is 3. The molecule has 0 fully saturated rings. The Balaban J connectivity index is 1.39. The van der Waals surface area contributed by atoms with Gasteiger partial charge in [0.2, 0.25) is 0 Å². The van der Waals surface area contributed by atoms with Crippen molar-refractivity contribution < 1.29 is 9.90 Å². The van der Waals surface area contributed by atoms with E-state index in [-0.39, 0.29) is 18.1 Å². The zero-order valence-corrected chi connectivity index (χ0v) is 20.1. The maximum absolute atomic E-state index is 12.8. The highest BCUT2D eigenvalue weighted by Gasteiger charge is 2.30. The lowest BCUT2D eigenvalue weighted by molar-refractivity contribution is 0.0221. The molecule has 0 aromatic carbocycles.